The first-order chi connectivity index (χ1) is 12.4. The van der Waals surface area contributed by atoms with Gasteiger partial charge in [0, 0.05) is 24.7 Å². The van der Waals surface area contributed by atoms with Crippen LogP contribution in [0.2, 0.25) is 5.02 Å². The zero-order valence-electron chi connectivity index (χ0n) is 15.7. The summed E-state index contributed by atoms with van der Waals surface area (Å²) in [6.07, 6.45) is 0.532. The third-order valence-corrected chi connectivity index (χ3v) is 4.73. The Bertz CT molecular complexity index is 716. The average Bonchev–Trinajstić information content (AvgIpc) is 2.61. The Labute approximate surface area is 161 Å². The van der Waals surface area contributed by atoms with Crippen LogP contribution in [0.4, 0.5) is 0 Å². The molecule has 1 unspecified atom stereocenters. The van der Waals surface area contributed by atoms with E-state index in [1.165, 1.54) is 0 Å². The first kappa shape index (κ1) is 20.4. The molecule has 1 atom stereocenters. The smallest absolute Gasteiger partial charge is 0.244 e. The van der Waals surface area contributed by atoms with E-state index < -0.39 is 0 Å². The maximum Gasteiger partial charge on any atom is 0.244 e. The molecule has 0 saturated heterocycles. The van der Waals surface area contributed by atoms with Gasteiger partial charge in [0.25, 0.3) is 0 Å². The molecule has 0 aliphatic heterocycles. The number of amides is 1. The van der Waals surface area contributed by atoms with Gasteiger partial charge < -0.3 is 10.0 Å². The standard InChI is InChI=1S/C21H27ClN2O2/c1-16-9-11-17(12-10-16)20(23(2)3)21(26)24(13-6-14-25)15-18-7-4-5-8-19(18)22/h4-5,7-12,20,25H,6,13-15H2,1-3H3. The van der Waals surface area contributed by atoms with E-state index in [1.54, 1.807) is 4.90 Å². The Morgan fingerprint density at radius 2 is 1.77 bits per heavy atom. The molecule has 0 aromatic heterocycles. The van der Waals surface area contributed by atoms with Crippen molar-refractivity contribution in [2.45, 2.75) is 25.9 Å². The number of carbonyl (C=O) groups excluding carboxylic acids is 1. The molecule has 2 rings (SSSR count). The van der Waals surface area contributed by atoms with Crippen LogP contribution in [0.25, 0.3) is 0 Å². The van der Waals surface area contributed by atoms with E-state index in [2.05, 4.69) is 0 Å². The quantitative estimate of drug-likeness (QED) is 0.766. The number of carbonyl (C=O) groups is 1. The van der Waals surface area contributed by atoms with Crippen molar-refractivity contribution in [3.05, 3.63) is 70.2 Å². The Kier molecular flexibility index (Phi) is 7.64. The highest BCUT2D eigenvalue weighted by atomic mass is 35.5. The van der Waals surface area contributed by atoms with Gasteiger partial charge in [-0.15, -0.1) is 0 Å². The Hall–Kier alpha value is -1.88. The summed E-state index contributed by atoms with van der Waals surface area (Å²) in [7, 11) is 3.81. The van der Waals surface area contributed by atoms with Gasteiger partial charge in [-0.25, -0.2) is 0 Å². The van der Waals surface area contributed by atoms with Crippen LogP contribution in [-0.2, 0) is 11.3 Å². The fraction of sp³-hybridized carbons (Fsp3) is 0.381. The lowest BCUT2D eigenvalue weighted by molar-refractivity contribution is -0.137. The van der Waals surface area contributed by atoms with Gasteiger partial charge in [0.2, 0.25) is 5.91 Å². The summed E-state index contributed by atoms with van der Waals surface area (Å²) < 4.78 is 0. The largest absolute Gasteiger partial charge is 0.396 e. The molecular formula is C21H27ClN2O2. The van der Waals surface area contributed by atoms with Crippen molar-refractivity contribution in [1.29, 1.82) is 0 Å². The second-order valence-corrected chi connectivity index (χ2v) is 7.11. The molecule has 140 valence electrons. The monoisotopic (exact) mass is 374 g/mol. The second-order valence-electron chi connectivity index (χ2n) is 6.71. The normalized spacial score (nSPS) is 12.2. The summed E-state index contributed by atoms with van der Waals surface area (Å²) in [5, 5.41) is 9.88. The molecule has 2 aromatic rings. The van der Waals surface area contributed by atoms with E-state index in [-0.39, 0.29) is 18.6 Å². The topological polar surface area (TPSA) is 43.8 Å². The third-order valence-electron chi connectivity index (χ3n) is 4.36. The van der Waals surface area contributed by atoms with Crippen LogP contribution < -0.4 is 0 Å². The molecule has 4 nitrogen and oxygen atoms in total. The molecule has 2 aromatic carbocycles. The van der Waals surface area contributed by atoms with Gasteiger partial charge in [0.05, 0.1) is 0 Å². The molecule has 0 fully saturated rings. The van der Waals surface area contributed by atoms with Gasteiger partial charge in [0.1, 0.15) is 6.04 Å². The predicted octanol–water partition coefficient (Wildman–Crippen LogP) is 3.66. The number of aliphatic hydroxyl groups is 1. The van der Waals surface area contributed by atoms with E-state index in [0.29, 0.717) is 24.5 Å². The van der Waals surface area contributed by atoms with Crippen molar-refractivity contribution in [1.82, 2.24) is 9.80 Å². The van der Waals surface area contributed by atoms with E-state index in [1.807, 2.05) is 74.4 Å². The lowest BCUT2D eigenvalue weighted by atomic mass is 10.0. The fourth-order valence-electron chi connectivity index (χ4n) is 2.94. The maximum absolute atomic E-state index is 13.4. The first-order valence-electron chi connectivity index (χ1n) is 8.80. The van der Waals surface area contributed by atoms with Crippen molar-refractivity contribution in [2.75, 3.05) is 27.2 Å². The molecule has 1 N–H and O–H groups in total. The Balaban J connectivity index is 2.30. The summed E-state index contributed by atoms with van der Waals surface area (Å²) in [6, 6.07) is 15.2. The number of hydrogen-bond acceptors (Lipinski definition) is 3. The highest BCUT2D eigenvalue weighted by Crippen LogP contribution is 2.24. The predicted molar refractivity (Wildman–Crippen MR) is 106 cm³/mol. The Morgan fingerprint density at radius 3 is 2.35 bits per heavy atom. The summed E-state index contributed by atoms with van der Waals surface area (Å²) in [5.74, 6) is 0.00669. The van der Waals surface area contributed by atoms with Crippen molar-refractivity contribution in [3.63, 3.8) is 0 Å². The third kappa shape index (κ3) is 5.31. The fourth-order valence-corrected chi connectivity index (χ4v) is 3.14. The highest BCUT2D eigenvalue weighted by molar-refractivity contribution is 6.31. The molecule has 0 radical (unpaired) electrons. The molecule has 0 saturated carbocycles. The summed E-state index contributed by atoms with van der Waals surface area (Å²) in [5.41, 5.74) is 3.02. The number of benzene rings is 2. The lowest BCUT2D eigenvalue weighted by Gasteiger charge is -2.31. The summed E-state index contributed by atoms with van der Waals surface area (Å²) in [4.78, 5) is 17.1. The van der Waals surface area contributed by atoms with Crippen LogP contribution in [0, 0.1) is 6.92 Å². The number of likely N-dealkylation sites (N-methyl/N-ethyl adjacent to an activating group) is 1. The van der Waals surface area contributed by atoms with Gasteiger partial charge in [-0.3, -0.25) is 9.69 Å². The number of aliphatic hydroxyl groups excluding tert-OH is 1. The number of aryl methyl sites for hydroxylation is 1. The molecule has 5 heteroatoms. The van der Waals surface area contributed by atoms with Gasteiger partial charge in [-0.05, 0) is 44.6 Å². The molecule has 1 amide bonds. The zero-order chi connectivity index (χ0) is 19.1. The number of rotatable bonds is 8. The first-order valence-corrected chi connectivity index (χ1v) is 9.18. The maximum atomic E-state index is 13.4. The van der Waals surface area contributed by atoms with Crippen molar-refractivity contribution in [3.8, 4) is 0 Å². The number of halogens is 1. The van der Waals surface area contributed by atoms with Crippen LogP contribution in [0.15, 0.2) is 48.5 Å². The molecule has 26 heavy (non-hydrogen) atoms. The molecule has 0 spiro atoms. The zero-order valence-corrected chi connectivity index (χ0v) is 16.4. The van der Waals surface area contributed by atoms with Crippen LogP contribution >= 0.6 is 11.6 Å². The van der Waals surface area contributed by atoms with Crippen LogP contribution in [-0.4, -0.2) is 48.1 Å². The van der Waals surface area contributed by atoms with Crippen molar-refractivity contribution >= 4 is 17.5 Å². The van der Waals surface area contributed by atoms with E-state index in [0.717, 1.165) is 16.7 Å². The van der Waals surface area contributed by atoms with Crippen molar-refractivity contribution < 1.29 is 9.90 Å². The number of hydrogen-bond donors (Lipinski definition) is 1. The van der Waals surface area contributed by atoms with Gasteiger partial charge >= 0.3 is 0 Å². The van der Waals surface area contributed by atoms with Gasteiger partial charge in [0.15, 0.2) is 0 Å². The van der Waals surface area contributed by atoms with E-state index in [9.17, 15) is 9.90 Å². The van der Waals surface area contributed by atoms with Gasteiger partial charge in [-0.2, -0.15) is 0 Å². The Morgan fingerprint density at radius 1 is 1.12 bits per heavy atom. The molecule has 0 aliphatic rings. The van der Waals surface area contributed by atoms with E-state index >= 15 is 0 Å². The molecule has 0 bridgehead atoms. The minimum Gasteiger partial charge on any atom is -0.396 e. The summed E-state index contributed by atoms with van der Waals surface area (Å²) in [6.45, 7) is 2.98. The molecule has 0 heterocycles. The minimum absolute atomic E-state index is 0.00669. The van der Waals surface area contributed by atoms with Crippen molar-refractivity contribution in [2.24, 2.45) is 0 Å². The van der Waals surface area contributed by atoms with Crippen LogP contribution in [0.1, 0.15) is 29.2 Å². The SMILES string of the molecule is Cc1ccc(C(C(=O)N(CCCO)Cc2ccccc2Cl)N(C)C)cc1. The summed E-state index contributed by atoms with van der Waals surface area (Å²) >= 11 is 6.29. The molecular weight excluding hydrogens is 348 g/mol. The van der Waals surface area contributed by atoms with Crippen LogP contribution in [0.5, 0.6) is 0 Å². The second kappa shape index (κ2) is 9.72. The molecule has 0 aliphatic carbocycles. The van der Waals surface area contributed by atoms with E-state index in [4.69, 9.17) is 11.6 Å². The average molecular weight is 375 g/mol. The lowest BCUT2D eigenvalue weighted by Crippen LogP contribution is -2.41. The minimum atomic E-state index is -0.378. The van der Waals surface area contributed by atoms with Gasteiger partial charge in [-0.1, -0.05) is 59.6 Å². The number of nitrogens with zero attached hydrogens (tertiary/aromatic N) is 2. The highest BCUT2D eigenvalue weighted by Gasteiger charge is 2.28. The van der Waals surface area contributed by atoms with Crippen LogP contribution in [0.3, 0.4) is 0 Å².